The van der Waals surface area contributed by atoms with E-state index in [2.05, 4.69) is 12.1 Å². The first-order valence-corrected chi connectivity index (χ1v) is 11.1. The number of amides is 1. The number of hydrogen-bond donors (Lipinski definition) is 0. The number of rotatable bonds is 5. The first-order chi connectivity index (χ1) is 13.5. The van der Waals surface area contributed by atoms with Crippen LogP contribution in [0.4, 0.5) is 0 Å². The van der Waals surface area contributed by atoms with E-state index in [1.165, 1.54) is 15.4 Å². The Kier molecular flexibility index (Phi) is 5.37. The molecule has 4 rings (SSSR count). The van der Waals surface area contributed by atoms with Gasteiger partial charge in [-0.25, -0.2) is 8.42 Å². The Hall–Kier alpha value is -2.38. The van der Waals surface area contributed by atoms with Gasteiger partial charge in [0.15, 0.2) is 6.61 Å². The molecule has 0 N–H and O–H groups in total. The Morgan fingerprint density at radius 2 is 1.61 bits per heavy atom. The van der Waals surface area contributed by atoms with E-state index in [1.807, 2.05) is 12.1 Å². The van der Waals surface area contributed by atoms with Crippen molar-refractivity contribution in [1.82, 2.24) is 9.21 Å². The SMILES string of the molecule is O=C(COc1ccc(S(=O)(=O)N2CCCC2)cc1)N1CCc2ccccc2C1. The smallest absolute Gasteiger partial charge is 0.260 e. The third kappa shape index (κ3) is 3.91. The average Bonchev–Trinajstić information content (AvgIpc) is 3.28. The highest BCUT2D eigenvalue weighted by Gasteiger charge is 2.27. The third-order valence-corrected chi connectivity index (χ3v) is 7.29. The lowest BCUT2D eigenvalue weighted by atomic mass is 10.00. The van der Waals surface area contributed by atoms with Crippen LogP contribution in [0.15, 0.2) is 53.4 Å². The van der Waals surface area contributed by atoms with Crippen molar-refractivity contribution in [1.29, 1.82) is 0 Å². The van der Waals surface area contributed by atoms with Crippen molar-refractivity contribution >= 4 is 15.9 Å². The minimum Gasteiger partial charge on any atom is -0.484 e. The molecule has 28 heavy (non-hydrogen) atoms. The Balaban J connectivity index is 1.34. The molecule has 0 aromatic heterocycles. The van der Waals surface area contributed by atoms with E-state index in [1.54, 1.807) is 29.2 Å². The van der Waals surface area contributed by atoms with E-state index in [4.69, 9.17) is 4.74 Å². The maximum atomic E-state index is 12.5. The molecule has 7 heteroatoms. The highest BCUT2D eigenvalue weighted by Crippen LogP contribution is 2.23. The summed E-state index contributed by atoms with van der Waals surface area (Å²) < 4.78 is 32.2. The van der Waals surface area contributed by atoms with Gasteiger partial charge in [0.1, 0.15) is 5.75 Å². The van der Waals surface area contributed by atoms with Gasteiger partial charge >= 0.3 is 0 Å². The fourth-order valence-corrected chi connectivity index (χ4v) is 5.25. The van der Waals surface area contributed by atoms with Crippen molar-refractivity contribution in [2.24, 2.45) is 0 Å². The van der Waals surface area contributed by atoms with E-state index in [-0.39, 0.29) is 17.4 Å². The summed E-state index contributed by atoms with van der Waals surface area (Å²) in [5.74, 6) is 0.425. The van der Waals surface area contributed by atoms with E-state index >= 15 is 0 Å². The van der Waals surface area contributed by atoms with Crippen LogP contribution in [-0.2, 0) is 27.8 Å². The highest BCUT2D eigenvalue weighted by molar-refractivity contribution is 7.89. The molecule has 0 unspecified atom stereocenters. The van der Waals surface area contributed by atoms with Gasteiger partial charge in [-0.15, -0.1) is 0 Å². The lowest BCUT2D eigenvalue weighted by molar-refractivity contribution is -0.134. The van der Waals surface area contributed by atoms with Crippen LogP contribution < -0.4 is 4.74 Å². The number of hydrogen-bond acceptors (Lipinski definition) is 4. The van der Waals surface area contributed by atoms with Crippen LogP contribution in [0.2, 0.25) is 0 Å². The molecule has 0 saturated carbocycles. The summed E-state index contributed by atoms with van der Waals surface area (Å²) in [6.07, 6.45) is 2.66. The molecule has 0 atom stereocenters. The van der Waals surface area contributed by atoms with Gasteiger partial charge in [-0.1, -0.05) is 24.3 Å². The molecule has 2 aliphatic rings. The molecule has 2 aromatic carbocycles. The minimum atomic E-state index is -3.43. The largest absolute Gasteiger partial charge is 0.484 e. The second kappa shape index (κ2) is 7.93. The van der Waals surface area contributed by atoms with Crippen LogP contribution in [0.5, 0.6) is 5.75 Å². The van der Waals surface area contributed by atoms with Crippen molar-refractivity contribution in [3.8, 4) is 5.75 Å². The fourth-order valence-electron chi connectivity index (χ4n) is 3.73. The highest BCUT2D eigenvalue weighted by atomic mass is 32.2. The number of carbonyl (C=O) groups is 1. The lowest BCUT2D eigenvalue weighted by Gasteiger charge is -2.28. The van der Waals surface area contributed by atoms with Crippen LogP contribution in [-0.4, -0.2) is 49.8 Å². The zero-order valence-electron chi connectivity index (χ0n) is 15.7. The number of nitrogens with zero attached hydrogens (tertiary/aromatic N) is 2. The summed E-state index contributed by atoms with van der Waals surface area (Å²) in [6.45, 7) is 2.39. The van der Waals surface area contributed by atoms with Gasteiger partial charge < -0.3 is 9.64 Å². The number of ether oxygens (including phenoxy) is 1. The molecule has 0 spiro atoms. The molecule has 1 amide bonds. The summed E-state index contributed by atoms with van der Waals surface area (Å²) in [7, 11) is -3.43. The standard InChI is InChI=1S/C21H24N2O4S/c24-21(22-14-11-17-5-1-2-6-18(17)15-22)16-27-19-7-9-20(10-8-19)28(25,26)23-12-3-4-13-23/h1-2,5-10H,3-4,11-16H2. The van der Waals surface area contributed by atoms with Crippen LogP contribution in [0.3, 0.4) is 0 Å². The zero-order valence-corrected chi connectivity index (χ0v) is 16.5. The second-order valence-corrected chi connectivity index (χ2v) is 9.14. The molecular weight excluding hydrogens is 376 g/mol. The molecule has 6 nitrogen and oxygen atoms in total. The van der Waals surface area contributed by atoms with Crippen molar-refractivity contribution in [2.45, 2.75) is 30.7 Å². The van der Waals surface area contributed by atoms with Crippen molar-refractivity contribution < 1.29 is 17.9 Å². The summed E-state index contributed by atoms with van der Waals surface area (Å²) in [5, 5.41) is 0. The van der Waals surface area contributed by atoms with Gasteiger partial charge in [0.25, 0.3) is 5.91 Å². The van der Waals surface area contributed by atoms with Gasteiger partial charge in [-0.2, -0.15) is 4.31 Å². The number of carbonyl (C=O) groups excluding carboxylic acids is 1. The molecule has 2 aromatic rings. The molecule has 2 heterocycles. The summed E-state index contributed by atoms with van der Waals surface area (Å²) in [6, 6.07) is 14.5. The first kappa shape index (κ1) is 19.0. The van der Waals surface area contributed by atoms with E-state index < -0.39 is 10.0 Å². The summed E-state index contributed by atoms with van der Waals surface area (Å²) >= 11 is 0. The Morgan fingerprint density at radius 1 is 0.929 bits per heavy atom. The van der Waals surface area contributed by atoms with Crippen molar-refractivity contribution in [2.75, 3.05) is 26.2 Å². The second-order valence-electron chi connectivity index (χ2n) is 7.21. The lowest BCUT2D eigenvalue weighted by Crippen LogP contribution is -2.38. The molecule has 1 saturated heterocycles. The Labute approximate surface area is 165 Å². The number of sulfonamides is 1. The Bertz CT molecular complexity index is 951. The van der Waals surface area contributed by atoms with E-state index in [0.717, 1.165) is 19.3 Å². The van der Waals surface area contributed by atoms with Crippen LogP contribution >= 0.6 is 0 Å². The molecule has 148 valence electrons. The van der Waals surface area contributed by atoms with Crippen LogP contribution in [0.25, 0.3) is 0 Å². The normalized spacial score (nSPS) is 17.4. The molecule has 1 fully saturated rings. The predicted octanol–water partition coefficient (Wildman–Crippen LogP) is 2.43. The Morgan fingerprint density at radius 3 is 2.32 bits per heavy atom. The van der Waals surface area contributed by atoms with Crippen molar-refractivity contribution in [3.63, 3.8) is 0 Å². The average molecular weight is 401 g/mol. The number of fused-ring (bicyclic) bond motifs is 1. The van der Waals surface area contributed by atoms with E-state index in [0.29, 0.717) is 31.9 Å². The van der Waals surface area contributed by atoms with Crippen LogP contribution in [0.1, 0.15) is 24.0 Å². The monoisotopic (exact) mass is 400 g/mol. The molecular formula is C21H24N2O4S. The molecule has 0 aliphatic carbocycles. The van der Waals surface area contributed by atoms with Gasteiger partial charge in [0.05, 0.1) is 4.90 Å². The maximum Gasteiger partial charge on any atom is 0.260 e. The van der Waals surface area contributed by atoms with Crippen LogP contribution in [0, 0.1) is 0 Å². The molecule has 0 bridgehead atoms. The third-order valence-electron chi connectivity index (χ3n) is 5.37. The van der Waals surface area contributed by atoms with E-state index in [9.17, 15) is 13.2 Å². The summed E-state index contributed by atoms with van der Waals surface area (Å²) in [5.41, 5.74) is 2.47. The fraction of sp³-hybridized carbons (Fsp3) is 0.381. The van der Waals surface area contributed by atoms with Crippen molar-refractivity contribution in [3.05, 3.63) is 59.7 Å². The van der Waals surface area contributed by atoms with Gasteiger partial charge in [-0.3, -0.25) is 4.79 Å². The minimum absolute atomic E-state index is 0.0552. The van der Waals surface area contributed by atoms with Gasteiger partial charge in [0, 0.05) is 26.2 Å². The first-order valence-electron chi connectivity index (χ1n) is 9.61. The van der Waals surface area contributed by atoms with Gasteiger partial charge in [0.2, 0.25) is 10.0 Å². The molecule has 0 radical (unpaired) electrons. The predicted molar refractivity (Wildman–Crippen MR) is 105 cm³/mol. The topological polar surface area (TPSA) is 66.9 Å². The quantitative estimate of drug-likeness (QED) is 0.773. The summed E-state index contributed by atoms with van der Waals surface area (Å²) in [4.78, 5) is 14.5. The number of benzene rings is 2. The maximum absolute atomic E-state index is 12.5. The zero-order chi connectivity index (χ0) is 19.6. The van der Waals surface area contributed by atoms with Gasteiger partial charge in [-0.05, 0) is 54.7 Å². The molecule has 2 aliphatic heterocycles.